The number of hydrogen-bond donors (Lipinski definition) is 2. The lowest BCUT2D eigenvalue weighted by Gasteiger charge is -2.32. The highest BCUT2D eigenvalue weighted by molar-refractivity contribution is 5.41. The van der Waals surface area contributed by atoms with Crippen molar-refractivity contribution in [1.29, 1.82) is 0 Å². The Balaban J connectivity index is 0.00000126. The monoisotopic (exact) mass is 367 g/mol. The highest BCUT2D eigenvalue weighted by atomic mass is 16.5. The van der Waals surface area contributed by atoms with Crippen LogP contribution in [0.3, 0.4) is 0 Å². The minimum absolute atomic E-state index is 0.0201. The van der Waals surface area contributed by atoms with Crippen molar-refractivity contribution in [1.82, 2.24) is 4.90 Å². The van der Waals surface area contributed by atoms with E-state index in [-0.39, 0.29) is 11.5 Å². The zero-order chi connectivity index (χ0) is 19.6. The first-order valence-corrected chi connectivity index (χ1v) is 9.39. The van der Waals surface area contributed by atoms with Gasteiger partial charge in [-0.1, -0.05) is 24.3 Å². The van der Waals surface area contributed by atoms with Gasteiger partial charge in [0.15, 0.2) is 11.5 Å². The van der Waals surface area contributed by atoms with Crippen LogP contribution >= 0.6 is 0 Å². The van der Waals surface area contributed by atoms with Gasteiger partial charge in [0.2, 0.25) is 0 Å². The first kappa shape index (κ1) is 20.7. The van der Waals surface area contributed by atoms with Crippen molar-refractivity contribution in [3.05, 3.63) is 53.6 Å². The minimum atomic E-state index is -0.0464. The highest BCUT2D eigenvalue weighted by Gasteiger charge is 2.21. The number of terminal acetylenes is 1. The maximum atomic E-state index is 9.67. The normalized spacial score (nSPS) is 14.9. The Labute approximate surface area is 162 Å². The van der Waals surface area contributed by atoms with Crippen LogP contribution in [-0.2, 0) is 0 Å². The number of aryl methyl sites for hydroxylation is 1. The van der Waals surface area contributed by atoms with Gasteiger partial charge in [-0.05, 0) is 74.5 Å². The second-order valence-electron chi connectivity index (χ2n) is 6.83. The molecule has 1 aliphatic rings. The molecular formula is C23H29NO3. The number of phenolic OH excluding ortho intramolecular Hbond substituents is 2. The predicted octanol–water partition coefficient (Wildman–Crippen LogP) is 4.30. The minimum Gasteiger partial charge on any atom is -0.504 e. The number of nitrogens with zero attached hydrogens (tertiary/aromatic N) is 1. The van der Waals surface area contributed by atoms with Crippen molar-refractivity contribution < 1.29 is 14.9 Å². The summed E-state index contributed by atoms with van der Waals surface area (Å²) in [6.07, 6.45) is 11.2. The smallest absolute Gasteiger partial charge is 0.157 e. The number of hydrogen-bond acceptors (Lipinski definition) is 4. The van der Waals surface area contributed by atoms with Crippen LogP contribution in [0.1, 0.15) is 36.3 Å². The van der Waals surface area contributed by atoms with E-state index in [4.69, 9.17) is 4.74 Å². The molecule has 0 amide bonds. The molecule has 27 heavy (non-hydrogen) atoms. The topological polar surface area (TPSA) is 52.9 Å². The number of para-hydroxylation sites is 1. The molecule has 0 radical (unpaired) electrons. The fourth-order valence-corrected chi connectivity index (χ4v) is 3.47. The third-order valence-corrected chi connectivity index (χ3v) is 5.03. The summed E-state index contributed by atoms with van der Waals surface area (Å²) < 4.78 is 5.86. The van der Waals surface area contributed by atoms with E-state index in [1.54, 1.807) is 12.1 Å². The molecule has 2 aromatic rings. The van der Waals surface area contributed by atoms with Gasteiger partial charge in [-0.15, -0.1) is 12.8 Å². The molecular weight excluding hydrogens is 338 g/mol. The predicted molar refractivity (Wildman–Crippen MR) is 109 cm³/mol. The molecule has 0 bridgehead atoms. The van der Waals surface area contributed by atoms with Crippen molar-refractivity contribution in [2.24, 2.45) is 0 Å². The first-order valence-electron chi connectivity index (χ1n) is 9.39. The van der Waals surface area contributed by atoms with Gasteiger partial charge in [0.05, 0.1) is 6.61 Å². The van der Waals surface area contributed by atoms with E-state index in [2.05, 4.69) is 30.7 Å². The third-order valence-electron chi connectivity index (χ3n) is 5.03. The number of rotatable bonds is 6. The fourth-order valence-electron chi connectivity index (χ4n) is 3.47. The van der Waals surface area contributed by atoms with Crippen molar-refractivity contribution in [2.75, 3.05) is 26.2 Å². The van der Waals surface area contributed by atoms with E-state index < -0.39 is 0 Å². The number of phenols is 2. The van der Waals surface area contributed by atoms with Crippen molar-refractivity contribution >= 4 is 0 Å². The summed E-state index contributed by atoms with van der Waals surface area (Å²) in [5.74, 6) is 1.38. The Morgan fingerprint density at radius 1 is 1.04 bits per heavy atom. The van der Waals surface area contributed by atoms with Gasteiger partial charge in [0.1, 0.15) is 5.75 Å². The van der Waals surface area contributed by atoms with Crippen LogP contribution in [0.2, 0.25) is 0 Å². The van der Waals surface area contributed by atoms with Crippen LogP contribution in [-0.4, -0.2) is 41.4 Å². The summed E-state index contributed by atoms with van der Waals surface area (Å²) >= 11 is 0. The van der Waals surface area contributed by atoms with E-state index in [0.29, 0.717) is 5.92 Å². The Morgan fingerprint density at radius 3 is 2.41 bits per heavy atom. The quantitative estimate of drug-likeness (QED) is 0.454. The van der Waals surface area contributed by atoms with E-state index in [9.17, 15) is 10.2 Å². The van der Waals surface area contributed by atoms with E-state index in [1.165, 1.54) is 5.56 Å². The molecule has 144 valence electrons. The maximum Gasteiger partial charge on any atom is 0.157 e. The van der Waals surface area contributed by atoms with Gasteiger partial charge in [-0.25, -0.2) is 0 Å². The van der Waals surface area contributed by atoms with Gasteiger partial charge in [-0.2, -0.15) is 0 Å². The largest absolute Gasteiger partial charge is 0.504 e. The zero-order valence-electron chi connectivity index (χ0n) is 16.0. The van der Waals surface area contributed by atoms with Crippen LogP contribution in [0.25, 0.3) is 0 Å². The lowest BCUT2D eigenvalue weighted by atomic mass is 9.89. The zero-order valence-corrected chi connectivity index (χ0v) is 16.0. The summed E-state index contributed by atoms with van der Waals surface area (Å²) in [5, 5.41) is 19.1. The molecule has 0 atom stereocenters. The molecule has 2 aromatic carbocycles. The van der Waals surface area contributed by atoms with Crippen LogP contribution in [0.5, 0.6) is 17.2 Å². The van der Waals surface area contributed by atoms with Gasteiger partial charge >= 0.3 is 0 Å². The number of piperidine rings is 1. The maximum absolute atomic E-state index is 9.67. The average Bonchev–Trinajstić information content (AvgIpc) is 2.71. The van der Waals surface area contributed by atoms with Gasteiger partial charge in [0.25, 0.3) is 0 Å². The van der Waals surface area contributed by atoms with Crippen LogP contribution in [0, 0.1) is 19.8 Å². The second kappa shape index (κ2) is 10.5. The molecule has 0 aromatic heterocycles. The molecule has 0 saturated carbocycles. The lowest BCUT2D eigenvalue weighted by molar-refractivity contribution is 0.192. The van der Waals surface area contributed by atoms with E-state index in [1.807, 2.05) is 24.3 Å². The fraction of sp³-hybridized carbons (Fsp3) is 0.391. The Bertz CT molecular complexity index is 733. The molecule has 1 fully saturated rings. The number of benzene rings is 2. The molecule has 0 aliphatic carbocycles. The van der Waals surface area contributed by atoms with E-state index in [0.717, 1.165) is 56.8 Å². The summed E-state index contributed by atoms with van der Waals surface area (Å²) in [6, 6.07) is 13.3. The van der Waals surface area contributed by atoms with Gasteiger partial charge in [-0.3, -0.25) is 0 Å². The molecule has 1 aliphatic heterocycles. The molecule has 4 heteroatoms. The Morgan fingerprint density at radius 2 is 1.74 bits per heavy atom. The van der Waals surface area contributed by atoms with Crippen molar-refractivity contribution in [2.45, 2.75) is 32.1 Å². The summed E-state index contributed by atoms with van der Waals surface area (Å²) in [7, 11) is 0. The van der Waals surface area contributed by atoms with Gasteiger partial charge < -0.3 is 19.8 Å². The summed E-state index contributed by atoms with van der Waals surface area (Å²) in [5.41, 5.74) is 2.30. The molecule has 0 unspecified atom stereocenters. The first-order chi connectivity index (χ1) is 13.1. The molecule has 3 rings (SSSR count). The summed E-state index contributed by atoms with van der Waals surface area (Å²) in [6.45, 7) is 6.00. The summed E-state index contributed by atoms with van der Waals surface area (Å²) in [4.78, 5) is 2.48. The molecule has 4 nitrogen and oxygen atoms in total. The van der Waals surface area contributed by atoms with Crippen molar-refractivity contribution in [3.8, 4) is 30.1 Å². The standard InChI is InChI=1S/C21H27NO3.C2H2/c1-16-5-2-3-6-21(16)25-14-4-11-22-12-9-17(10-13-22)18-7-8-19(23)20(24)15-18;1-2/h2-3,5-8,15,17,23-24H,4,9-14H2,1H3;1-2H. The number of likely N-dealkylation sites (tertiary alicyclic amines) is 1. The molecule has 1 saturated heterocycles. The van der Waals surface area contributed by atoms with Crippen LogP contribution in [0.15, 0.2) is 42.5 Å². The molecule has 0 spiro atoms. The lowest BCUT2D eigenvalue weighted by Crippen LogP contribution is -2.34. The molecule has 2 N–H and O–H groups in total. The number of ether oxygens (including phenoxy) is 1. The Kier molecular flexibility index (Phi) is 8.03. The second-order valence-corrected chi connectivity index (χ2v) is 6.83. The highest BCUT2D eigenvalue weighted by Crippen LogP contribution is 2.33. The van der Waals surface area contributed by atoms with Gasteiger partial charge in [0, 0.05) is 6.54 Å². The third kappa shape index (κ3) is 5.94. The molecule has 1 heterocycles. The Hall–Kier alpha value is -2.64. The number of aromatic hydroxyl groups is 2. The van der Waals surface area contributed by atoms with Crippen LogP contribution < -0.4 is 4.74 Å². The van der Waals surface area contributed by atoms with E-state index >= 15 is 0 Å². The SMILES string of the molecule is C#C.Cc1ccccc1OCCCN1CCC(c2ccc(O)c(O)c2)CC1. The average molecular weight is 367 g/mol. The van der Waals surface area contributed by atoms with Crippen molar-refractivity contribution in [3.63, 3.8) is 0 Å². The van der Waals surface area contributed by atoms with Crippen LogP contribution in [0.4, 0.5) is 0 Å².